The second kappa shape index (κ2) is 9.95. The Kier molecular flexibility index (Phi) is 6.73. The number of pyridine rings is 1. The topological polar surface area (TPSA) is 88.4 Å². The molecule has 1 unspecified atom stereocenters. The number of aliphatic hydroxyl groups excluding tert-OH is 1. The van der Waals surface area contributed by atoms with Crippen molar-refractivity contribution in [3.05, 3.63) is 112 Å². The number of aromatic nitrogens is 3. The molecule has 2 atom stereocenters. The zero-order valence-electron chi connectivity index (χ0n) is 19.3. The first kappa shape index (κ1) is 24.3. The lowest BCUT2D eigenvalue weighted by atomic mass is 9.76. The van der Waals surface area contributed by atoms with Crippen LogP contribution in [-0.4, -0.2) is 44.2 Å². The van der Waals surface area contributed by atoms with Gasteiger partial charge < -0.3 is 5.11 Å². The lowest BCUT2D eigenvalue weighted by Gasteiger charge is -2.41. The third-order valence-corrected chi connectivity index (χ3v) is 6.87. The van der Waals surface area contributed by atoms with Gasteiger partial charge in [0.25, 0.3) is 5.91 Å². The van der Waals surface area contributed by atoms with E-state index in [1.54, 1.807) is 48.8 Å². The van der Waals surface area contributed by atoms with Gasteiger partial charge in [0, 0.05) is 53.3 Å². The molecule has 5 rings (SSSR count). The van der Waals surface area contributed by atoms with E-state index in [0.717, 1.165) is 11.1 Å². The molecule has 9 heteroatoms. The van der Waals surface area contributed by atoms with E-state index >= 15 is 0 Å². The second-order valence-corrected chi connectivity index (χ2v) is 9.34. The van der Waals surface area contributed by atoms with Gasteiger partial charge in [0.05, 0.1) is 18.2 Å². The summed E-state index contributed by atoms with van der Waals surface area (Å²) < 4.78 is 0. The predicted octanol–water partition coefficient (Wildman–Crippen LogP) is 4.90. The summed E-state index contributed by atoms with van der Waals surface area (Å²) in [6.07, 6.45) is 3.87. The summed E-state index contributed by atoms with van der Waals surface area (Å²) in [4.78, 5) is 32.4. The summed E-state index contributed by atoms with van der Waals surface area (Å²) in [5.41, 5.74) is 1.99. The molecule has 0 bridgehead atoms. The Morgan fingerprint density at radius 1 is 0.944 bits per heavy atom. The molecule has 0 radical (unpaired) electrons. The molecule has 0 fully saturated rings. The van der Waals surface area contributed by atoms with Gasteiger partial charge in [-0.25, -0.2) is 15.0 Å². The van der Waals surface area contributed by atoms with Crippen molar-refractivity contribution in [2.75, 3.05) is 7.11 Å². The number of fused-ring (bicyclic) bond motifs is 1. The van der Waals surface area contributed by atoms with E-state index < -0.39 is 11.6 Å². The number of nitrogens with zero attached hydrogens (tertiary/aromatic N) is 4. The van der Waals surface area contributed by atoms with Gasteiger partial charge in [0.15, 0.2) is 0 Å². The molecule has 2 aromatic heterocycles. The molecular formula is C27H22Cl2N4O3. The fourth-order valence-electron chi connectivity index (χ4n) is 4.85. The summed E-state index contributed by atoms with van der Waals surface area (Å²) in [6.45, 7) is 0. The highest BCUT2D eigenvalue weighted by Crippen LogP contribution is 2.49. The van der Waals surface area contributed by atoms with Gasteiger partial charge in [-0.15, -0.1) is 0 Å². The van der Waals surface area contributed by atoms with Gasteiger partial charge in [-0.05, 0) is 47.5 Å². The number of halogens is 2. The van der Waals surface area contributed by atoms with Crippen LogP contribution in [0.4, 0.5) is 0 Å². The molecule has 36 heavy (non-hydrogen) atoms. The lowest BCUT2D eigenvalue weighted by Crippen LogP contribution is -2.54. The molecule has 1 amide bonds. The number of hydrogen-bond donors (Lipinski definition) is 1. The molecule has 0 aliphatic carbocycles. The number of hydrogen-bond acceptors (Lipinski definition) is 6. The largest absolute Gasteiger partial charge is 0.390 e. The average molecular weight is 521 g/mol. The van der Waals surface area contributed by atoms with Crippen molar-refractivity contribution in [1.82, 2.24) is 20.0 Å². The van der Waals surface area contributed by atoms with Crippen LogP contribution in [0.1, 0.15) is 27.4 Å². The van der Waals surface area contributed by atoms with Crippen LogP contribution in [0.3, 0.4) is 0 Å². The van der Waals surface area contributed by atoms with Crippen molar-refractivity contribution in [2.24, 2.45) is 0 Å². The number of hydroxylamine groups is 2. The highest BCUT2D eigenvalue weighted by atomic mass is 35.5. The van der Waals surface area contributed by atoms with Crippen molar-refractivity contribution in [3.8, 4) is 11.1 Å². The van der Waals surface area contributed by atoms with Crippen molar-refractivity contribution in [1.29, 1.82) is 0 Å². The van der Waals surface area contributed by atoms with Crippen LogP contribution in [0.15, 0.2) is 79.3 Å². The van der Waals surface area contributed by atoms with E-state index in [1.807, 2.05) is 24.3 Å². The van der Waals surface area contributed by atoms with Crippen LogP contribution in [0.2, 0.25) is 10.0 Å². The summed E-state index contributed by atoms with van der Waals surface area (Å²) in [5.74, 6) is 0.0830. The molecule has 1 aliphatic rings. The van der Waals surface area contributed by atoms with Crippen LogP contribution >= 0.6 is 23.2 Å². The predicted molar refractivity (Wildman–Crippen MR) is 136 cm³/mol. The minimum atomic E-state index is -1.34. The molecule has 1 N–H and O–H groups in total. The summed E-state index contributed by atoms with van der Waals surface area (Å²) in [7, 11) is 1.42. The van der Waals surface area contributed by atoms with Gasteiger partial charge in [0.1, 0.15) is 11.4 Å². The first-order valence-electron chi connectivity index (χ1n) is 11.3. The van der Waals surface area contributed by atoms with Crippen molar-refractivity contribution in [2.45, 2.75) is 24.5 Å². The fourth-order valence-corrected chi connectivity index (χ4v) is 5.09. The maximum Gasteiger partial charge on any atom is 0.278 e. The Morgan fingerprint density at radius 3 is 2.31 bits per heavy atom. The molecule has 4 aromatic rings. The standard InChI is InChI=1S/C27H22Cl2N4O3/c1-36-33-26(35)22-5-2-4-21(17-6-8-18(28)9-7-17)25(22)27(33,15-20-11-10-19(29)16-32-20)23(34)14-24-30-12-3-13-31-24/h2-13,16,23,34H,14-15H2,1H3/t23?,27-/m0/s1. The Labute approximate surface area is 218 Å². The number of rotatable bonds is 7. The SMILES string of the molecule is CON1C(=O)c2cccc(-c3ccc(Cl)cc3)c2[C@]1(Cc1ccc(Cl)cn1)C(O)Cc1ncccn1. The normalized spacial score (nSPS) is 17.8. The molecule has 7 nitrogen and oxygen atoms in total. The van der Waals surface area contributed by atoms with Crippen LogP contribution < -0.4 is 0 Å². The van der Waals surface area contributed by atoms with Crippen molar-refractivity contribution < 1.29 is 14.7 Å². The molecule has 2 aromatic carbocycles. The third-order valence-electron chi connectivity index (χ3n) is 6.40. The minimum Gasteiger partial charge on any atom is -0.390 e. The lowest BCUT2D eigenvalue weighted by molar-refractivity contribution is -0.192. The molecule has 0 saturated heterocycles. The van der Waals surface area contributed by atoms with Crippen LogP contribution in [0.25, 0.3) is 11.1 Å². The molecule has 0 saturated carbocycles. The van der Waals surface area contributed by atoms with E-state index in [1.165, 1.54) is 18.4 Å². The summed E-state index contributed by atoms with van der Waals surface area (Å²) in [6, 6.07) is 18.0. The quantitative estimate of drug-likeness (QED) is 0.372. The molecular weight excluding hydrogens is 499 g/mol. The van der Waals surface area contributed by atoms with E-state index in [-0.39, 0.29) is 18.7 Å². The Bertz CT molecular complexity index is 1380. The molecule has 0 spiro atoms. The second-order valence-electron chi connectivity index (χ2n) is 8.47. The van der Waals surface area contributed by atoms with Gasteiger partial charge in [0.2, 0.25) is 0 Å². The van der Waals surface area contributed by atoms with Gasteiger partial charge in [-0.3, -0.25) is 14.6 Å². The summed E-state index contributed by atoms with van der Waals surface area (Å²) in [5, 5.41) is 14.3. The molecule has 1 aliphatic heterocycles. The number of benzene rings is 2. The Morgan fingerprint density at radius 2 is 1.64 bits per heavy atom. The van der Waals surface area contributed by atoms with Gasteiger partial charge in [-0.1, -0.05) is 47.5 Å². The first-order chi connectivity index (χ1) is 17.4. The maximum atomic E-state index is 13.7. The van der Waals surface area contributed by atoms with Crippen molar-refractivity contribution >= 4 is 29.1 Å². The third kappa shape index (κ3) is 4.24. The number of carbonyl (C=O) groups is 1. The fraction of sp³-hybridized carbons (Fsp3) is 0.185. The smallest absolute Gasteiger partial charge is 0.278 e. The first-order valence-corrected chi connectivity index (χ1v) is 12.0. The number of carbonyl (C=O) groups excluding carboxylic acids is 1. The van der Waals surface area contributed by atoms with E-state index in [2.05, 4.69) is 15.0 Å². The van der Waals surface area contributed by atoms with Gasteiger partial charge >= 0.3 is 0 Å². The average Bonchev–Trinajstić information content (AvgIpc) is 3.14. The van der Waals surface area contributed by atoms with Gasteiger partial charge in [-0.2, -0.15) is 0 Å². The van der Waals surface area contributed by atoms with Crippen molar-refractivity contribution in [3.63, 3.8) is 0 Å². The zero-order valence-corrected chi connectivity index (χ0v) is 20.8. The Balaban J connectivity index is 1.75. The van der Waals surface area contributed by atoms with Crippen LogP contribution in [-0.2, 0) is 23.2 Å². The zero-order chi connectivity index (χ0) is 25.3. The summed E-state index contributed by atoms with van der Waals surface area (Å²) >= 11 is 12.2. The number of amides is 1. The van der Waals surface area contributed by atoms with Crippen LogP contribution in [0, 0.1) is 0 Å². The maximum absolute atomic E-state index is 13.7. The van der Waals surface area contributed by atoms with E-state index in [9.17, 15) is 9.90 Å². The minimum absolute atomic E-state index is 0.0793. The highest BCUT2D eigenvalue weighted by Gasteiger charge is 2.56. The molecule has 182 valence electrons. The highest BCUT2D eigenvalue weighted by molar-refractivity contribution is 6.30. The number of aliphatic hydroxyl groups is 1. The van der Waals surface area contributed by atoms with Crippen LogP contribution in [0.5, 0.6) is 0 Å². The Hall–Kier alpha value is -3.36. The van der Waals surface area contributed by atoms with E-state index in [4.69, 9.17) is 28.0 Å². The van der Waals surface area contributed by atoms with E-state index in [0.29, 0.717) is 32.7 Å². The molecule has 3 heterocycles. The monoisotopic (exact) mass is 520 g/mol.